The van der Waals surface area contributed by atoms with Crippen LogP contribution < -0.4 is 4.72 Å². The molecule has 0 saturated heterocycles. The zero-order chi connectivity index (χ0) is 13.9. The van der Waals surface area contributed by atoms with Gasteiger partial charge in [-0.25, -0.2) is 8.42 Å². The van der Waals surface area contributed by atoms with Crippen LogP contribution in [0.2, 0.25) is 0 Å². The van der Waals surface area contributed by atoms with Crippen molar-refractivity contribution in [3.63, 3.8) is 0 Å². The maximum atomic E-state index is 11.2. The van der Waals surface area contributed by atoms with E-state index in [0.29, 0.717) is 6.07 Å². The van der Waals surface area contributed by atoms with Gasteiger partial charge in [-0.3, -0.25) is 25.0 Å². The molecule has 11 heteroatoms. The predicted octanol–water partition coefficient (Wildman–Crippen LogP) is 1.44. The average Bonchev–Trinajstić information content (AvgIpc) is 2.28. The van der Waals surface area contributed by atoms with Gasteiger partial charge in [-0.15, -0.1) is 11.6 Å². The third kappa shape index (κ3) is 3.28. The van der Waals surface area contributed by atoms with Crippen molar-refractivity contribution in [2.45, 2.75) is 0 Å². The van der Waals surface area contributed by atoms with E-state index in [0.717, 1.165) is 12.1 Å². The number of hydrogen-bond acceptors (Lipinski definition) is 6. The van der Waals surface area contributed by atoms with Crippen LogP contribution in [0.3, 0.4) is 0 Å². The molecule has 18 heavy (non-hydrogen) atoms. The van der Waals surface area contributed by atoms with Gasteiger partial charge in [0.05, 0.1) is 15.9 Å². The maximum Gasteiger partial charge on any atom is 0.300 e. The van der Waals surface area contributed by atoms with Gasteiger partial charge in [-0.05, 0) is 6.07 Å². The van der Waals surface area contributed by atoms with Gasteiger partial charge < -0.3 is 0 Å². The van der Waals surface area contributed by atoms with Crippen LogP contribution in [0.25, 0.3) is 0 Å². The van der Waals surface area contributed by atoms with Crippen molar-refractivity contribution in [3.05, 3.63) is 38.4 Å². The molecule has 0 amide bonds. The van der Waals surface area contributed by atoms with Crippen molar-refractivity contribution in [1.82, 2.24) is 0 Å². The number of benzene rings is 1. The van der Waals surface area contributed by atoms with Crippen LogP contribution in [0.15, 0.2) is 18.2 Å². The number of sulfonamides is 1. The van der Waals surface area contributed by atoms with Crippen LogP contribution in [-0.2, 0) is 10.0 Å². The molecule has 9 nitrogen and oxygen atoms in total. The smallest absolute Gasteiger partial charge is 0.276 e. The number of halogens is 1. The molecule has 0 aliphatic heterocycles. The lowest BCUT2D eigenvalue weighted by atomic mass is 10.2. The van der Waals surface area contributed by atoms with Crippen LogP contribution in [0.4, 0.5) is 17.1 Å². The zero-order valence-electron chi connectivity index (χ0n) is 8.57. The molecule has 0 radical (unpaired) electrons. The number of nitrogens with one attached hydrogen (secondary N) is 1. The third-order valence-corrected chi connectivity index (χ3v) is 3.48. The largest absolute Gasteiger partial charge is 0.300 e. The van der Waals surface area contributed by atoms with Gasteiger partial charge in [0.1, 0.15) is 10.9 Å². The molecule has 0 bridgehead atoms. The number of non-ortho nitro benzene ring substituents is 1. The Morgan fingerprint density at radius 1 is 1.22 bits per heavy atom. The lowest BCUT2D eigenvalue weighted by Gasteiger charge is -2.05. The van der Waals surface area contributed by atoms with E-state index in [4.69, 9.17) is 11.6 Å². The highest BCUT2D eigenvalue weighted by Gasteiger charge is 2.22. The molecule has 0 heterocycles. The molecule has 0 saturated carbocycles. The molecular formula is C7H6ClN3O6S. The molecule has 98 valence electrons. The second-order valence-corrected chi connectivity index (χ2v) is 5.35. The Balaban J connectivity index is 3.29. The summed E-state index contributed by atoms with van der Waals surface area (Å²) in [7, 11) is -3.92. The quantitative estimate of drug-likeness (QED) is 0.496. The number of nitro benzene ring substituents is 2. The molecule has 0 aliphatic rings. The monoisotopic (exact) mass is 295 g/mol. The summed E-state index contributed by atoms with van der Waals surface area (Å²) in [4.78, 5) is 19.4. The van der Waals surface area contributed by atoms with E-state index in [1.807, 2.05) is 4.72 Å². The van der Waals surface area contributed by atoms with E-state index in [1.165, 1.54) is 0 Å². The summed E-state index contributed by atoms with van der Waals surface area (Å²) in [6.45, 7) is 0. The Morgan fingerprint density at radius 3 is 2.28 bits per heavy atom. The van der Waals surface area contributed by atoms with Gasteiger partial charge in [0, 0.05) is 6.07 Å². The zero-order valence-corrected chi connectivity index (χ0v) is 10.1. The van der Waals surface area contributed by atoms with E-state index in [-0.39, 0.29) is 5.69 Å². The van der Waals surface area contributed by atoms with Gasteiger partial charge in [0.2, 0.25) is 10.0 Å². The number of anilines is 1. The molecule has 0 unspecified atom stereocenters. The Bertz CT molecular complexity index is 601. The lowest BCUT2D eigenvalue weighted by molar-refractivity contribution is -0.393. The minimum absolute atomic E-state index is 0.383. The molecule has 0 fully saturated rings. The number of hydrogen-bond donors (Lipinski definition) is 1. The molecule has 1 aromatic carbocycles. The maximum absolute atomic E-state index is 11.2. The Labute approximate surface area is 106 Å². The van der Waals surface area contributed by atoms with E-state index in [1.54, 1.807) is 0 Å². The molecular weight excluding hydrogens is 290 g/mol. The Hall–Kier alpha value is -1.94. The van der Waals surface area contributed by atoms with E-state index >= 15 is 0 Å². The van der Waals surface area contributed by atoms with E-state index in [2.05, 4.69) is 0 Å². The Kier molecular flexibility index (Phi) is 4.03. The summed E-state index contributed by atoms with van der Waals surface area (Å²) in [5, 5.41) is 20.3. The van der Waals surface area contributed by atoms with Crippen molar-refractivity contribution in [2.24, 2.45) is 0 Å². The van der Waals surface area contributed by atoms with E-state index in [9.17, 15) is 28.6 Å². The second kappa shape index (κ2) is 5.14. The van der Waals surface area contributed by atoms with Crippen LogP contribution in [0, 0.1) is 20.2 Å². The van der Waals surface area contributed by atoms with Crippen LogP contribution in [0.1, 0.15) is 0 Å². The standard InChI is InChI=1S/C7H6ClN3O6S/c8-4-18(16,17)9-6-2-1-5(10(12)13)3-7(6)11(14)15/h1-3,9H,4H2. The SMILES string of the molecule is O=[N+]([O-])c1ccc(NS(=O)(=O)CCl)c([N+](=O)[O-])c1. The van der Waals surface area contributed by atoms with E-state index < -0.39 is 36.5 Å². The first-order chi connectivity index (χ1) is 8.26. The molecule has 1 rings (SSSR count). The fraction of sp³-hybridized carbons (Fsp3) is 0.143. The van der Waals surface area contributed by atoms with Crippen molar-refractivity contribution in [1.29, 1.82) is 0 Å². The number of nitro groups is 2. The first kappa shape index (κ1) is 14.1. The fourth-order valence-electron chi connectivity index (χ4n) is 1.07. The second-order valence-electron chi connectivity index (χ2n) is 3.04. The number of nitrogens with zero attached hydrogens (tertiary/aromatic N) is 2. The summed E-state index contributed by atoms with van der Waals surface area (Å²) in [5.74, 6) is 0. The molecule has 0 aromatic heterocycles. The topological polar surface area (TPSA) is 132 Å². The summed E-state index contributed by atoms with van der Waals surface area (Å²) in [6, 6.07) is 2.53. The highest BCUT2D eigenvalue weighted by atomic mass is 35.5. The summed E-state index contributed by atoms with van der Waals surface area (Å²) >= 11 is 5.13. The van der Waals surface area contributed by atoms with Crippen molar-refractivity contribution >= 4 is 38.7 Å². The highest BCUT2D eigenvalue weighted by molar-refractivity contribution is 7.93. The summed E-state index contributed by atoms with van der Waals surface area (Å²) in [6.07, 6.45) is 0. The van der Waals surface area contributed by atoms with Crippen molar-refractivity contribution < 1.29 is 18.3 Å². The minimum Gasteiger partial charge on any atom is -0.276 e. The van der Waals surface area contributed by atoms with Crippen molar-refractivity contribution in [2.75, 3.05) is 9.93 Å². The molecule has 0 spiro atoms. The van der Waals surface area contributed by atoms with Crippen LogP contribution >= 0.6 is 11.6 Å². The first-order valence-corrected chi connectivity index (χ1v) is 6.45. The molecule has 0 aliphatic carbocycles. The predicted molar refractivity (Wildman–Crippen MR) is 63.0 cm³/mol. The first-order valence-electron chi connectivity index (χ1n) is 4.26. The summed E-state index contributed by atoms with van der Waals surface area (Å²) in [5.41, 5.74) is -1.63. The highest BCUT2D eigenvalue weighted by Crippen LogP contribution is 2.29. The normalized spacial score (nSPS) is 10.9. The average molecular weight is 296 g/mol. The van der Waals surface area contributed by atoms with Crippen LogP contribution in [0.5, 0.6) is 0 Å². The summed E-state index contributed by atoms with van der Waals surface area (Å²) < 4.78 is 24.2. The number of rotatable bonds is 5. The Morgan fingerprint density at radius 2 is 1.83 bits per heavy atom. The van der Waals surface area contributed by atoms with Gasteiger partial charge >= 0.3 is 0 Å². The van der Waals surface area contributed by atoms with Crippen LogP contribution in [-0.4, -0.2) is 23.5 Å². The number of alkyl halides is 1. The fourth-order valence-corrected chi connectivity index (χ4v) is 1.79. The van der Waals surface area contributed by atoms with Gasteiger partial charge in [0.25, 0.3) is 11.4 Å². The third-order valence-electron chi connectivity index (χ3n) is 1.80. The molecule has 1 N–H and O–H groups in total. The van der Waals surface area contributed by atoms with Gasteiger partial charge in [0.15, 0.2) is 0 Å². The van der Waals surface area contributed by atoms with Gasteiger partial charge in [-0.2, -0.15) is 0 Å². The van der Waals surface area contributed by atoms with Gasteiger partial charge in [-0.1, -0.05) is 0 Å². The lowest BCUT2D eigenvalue weighted by Crippen LogP contribution is -2.14. The minimum atomic E-state index is -3.92. The molecule has 1 aromatic rings. The van der Waals surface area contributed by atoms with Crippen molar-refractivity contribution in [3.8, 4) is 0 Å². The molecule has 0 atom stereocenters.